The molecule has 0 aliphatic carbocycles. The summed E-state index contributed by atoms with van der Waals surface area (Å²) in [6.45, 7) is 7.04. The van der Waals surface area contributed by atoms with E-state index in [0.717, 1.165) is 17.9 Å². The number of aryl methyl sites for hydroxylation is 2. The Morgan fingerprint density at radius 2 is 2.12 bits per heavy atom. The van der Waals surface area contributed by atoms with Crippen LogP contribution in [0.3, 0.4) is 0 Å². The minimum Gasteiger partial charge on any atom is -0.364 e. The Balaban J connectivity index is 2.00. The zero-order valence-electron chi connectivity index (χ0n) is 10.8. The van der Waals surface area contributed by atoms with Gasteiger partial charge in [-0.1, -0.05) is 0 Å². The van der Waals surface area contributed by atoms with Crippen LogP contribution < -0.4 is 5.32 Å². The van der Waals surface area contributed by atoms with E-state index in [1.807, 2.05) is 35.7 Å². The standard InChI is InChI=1S/C12H19N5/c1-9(2)17-8-11(6-14-17)5-13-12-10(3)7-16(4)15-12/h6-9H,5H2,1-4H3,(H,13,15). The first-order valence-corrected chi connectivity index (χ1v) is 5.83. The molecule has 0 fully saturated rings. The molecule has 2 aromatic rings. The molecule has 2 aromatic heterocycles. The van der Waals surface area contributed by atoms with Crippen LogP contribution in [0.5, 0.6) is 0 Å². The van der Waals surface area contributed by atoms with Crippen LogP contribution in [0.2, 0.25) is 0 Å². The summed E-state index contributed by atoms with van der Waals surface area (Å²) in [6, 6.07) is 0.403. The predicted molar refractivity (Wildman–Crippen MR) is 67.9 cm³/mol. The molecule has 1 N–H and O–H groups in total. The van der Waals surface area contributed by atoms with Crippen molar-refractivity contribution in [1.82, 2.24) is 19.6 Å². The third-order valence-electron chi connectivity index (χ3n) is 2.66. The Kier molecular flexibility index (Phi) is 3.17. The molecule has 0 unspecified atom stereocenters. The lowest BCUT2D eigenvalue weighted by Crippen LogP contribution is -2.02. The van der Waals surface area contributed by atoms with Crippen molar-refractivity contribution in [2.75, 3.05) is 5.32 Å². The first-order chi connectivity index (χ1) is 8.06. The highest BCUT2D eigenvalue weighted by Crippen LogP contribution is 2.12. The van der Waals surface area contributed by atoms with Gasteiger partial charge in [0, 0.05) is 43.2 Å². The normalized spacial score (nSPS) is 11.1. The van der Waals surface area contributed by atoms with Crippen LogP contribution in [0.4, 0.5) is 5.82 Å². The summed E-state index contributed by atoms with van der Waals surface area (Å²) >= 11 is 0. The second kappa shape index (κ2) is 4.61. The quantitative estimate of drug-likeness (QED) is 0.880. The molecule has 0 aliphatic rings. The van der Waals surface area contributed by atoms with E-state index in [2.05, 4.69) is 35.6 Å². The predicted octanol–water partition coefficient (Wildman–Crippen LogP) is 2.12. The van der Waals surface area contributed by atoms with E-state index in [-0.39, 0.29) is 0 Å². The van der Waals surface area contributed by atoms with Gasteiger partial charge in [-0.15, -0.1) is 0 Å². The number of rotatable bonds is 4. The van der Waals surface area contributed by atoms with Crippen LogP contribution in [0, 0.1) is 6.92 Å². The summed E-state index contributed by atoms with van der Waals surface area (Å²) < 4.78 is 3.78. The fourth-order valence-corrected chi connectivity index (χ4v) is 1.72. The minimum atomic E-state index is 0.403. The highest BCUT2D eigenvalue weighted by atomic mass is 15.3. The van der Waals surface area contributed by atoms with Crippen LogP contribution in [-0.4, -0.2) is 19.6 Å². The molecule has 0 radical (unpaired) electrons. The van der Waals surface area contributed by atoms with Crippen LogP contribution >= 0.6 is 0 Å². The third kappa shape index (κ3) is 2.67. The Bertz CT molecular complexity index is 495. The van der Waals surface area contributed by atoms with Crippen molar-refractivity contribution in [2.45, 2.75) is 33.4 Å². The maximum atomic E-state index is 4.35. The van der Waals surface area contributed by atoms with Gasteiger partial charge in [0.05, 0.1) is 6.20 Å². The molecule has 0 aromatic carbocycles. The second-order valence-electron chi connectivity index (χ2n) is 4.61. The highest BCUT2D eigenvalue weighted by Gasteiger charge is 2.05. The Labute approximate surface area is 101 Å². The van der Waals surface area contributed by atoms with Crippen molar-refractivity contribution in [3.63, 3.8) is 0 Å². The van der Waals surface area contributed by atoms with E-state index in [1.165, 1.54) is 5.56 Å². The fourth-order valence-electron chi connectivity index (χ4n) is 1.72. The van der Waals surface area contributed by atoms with E-state index in [9.17, 15) is 0 Å². The molecule has 5 heteroatoms. The third-order valence-corrected chi connectivity index (χ3v) is 2.66. The minimum absolute atomic E-state index is 0.403. The van der Waals surface area contributed by atoms with E-state index in [0.29, 0.717) is 6.04 Å². The average Bonchev–Trinajstić information content (AvgIpc) is 2.82. The van der Waals surface area contributed by atoms with Gasteiger partial charge in [0.1, 0.15) is 0 Å². The van der Waals surface area contributed by atoms with Gasteiger partial charge in [0.25, 0.3) is 0 Å². The fraction of sp³-hybridized carbons (Fsp3) is 0.500. The molecule has 2 rings (SSSR count). The lowest BCUT2D eigenvalue weighted by atomic mass is 10.3. The maximum Gasteiger partial charge on any atom is 0.151 e. The van der Waals surface area contributed by atoms with E-state index < -0.39 is 0 Å². The van der Waals surface area contributed by atoms with E-state index in [1.54, 1.807) is 0 Å². The first-order valence-electron chi connectivity index (χ1n) is 5.83. The molecule has 2 heterocycles. The van der Waals surface area contributed by atoms with Gasteiger partial charge in [0.2, 0.25) is 0 Å². The van der Waals surface area contributed by atoms with Crippen LogP contribution in [0.1, 0.15) is 31.0 Å². The van der Waals surface area contributed by atoms with Gasteiger partial charge in [0.15, 0.2) is 5.82 Å². The summed E-state index contributed by atoms with van der Waals surface area (Å²) in [6.07, 6.45) is 5.96. The Morgan fingerprint density at radius 1 is 1.35 bits per heavy atom. The first kappa shape index (κ1) is 11.7. The number of hydrogen-bond acceptors (Lipinski definition) is 3. The van der Waals surface area contributed by atoms with Gasteiger partial charge >= 0.3 is 0 Å². The van der Waals surface area contributed by atoms with Gasteiger partial charge in [-0.25, -0.2) is 0 Å². The average molecular weight is 233 g/mol. The number of nitrogens with zero attached hydrogens (tertiary/aromatic N) is 4. The highest BCUT2D eigenvalue weighted by molar-refractivity contribution is 5.42. The number of anilines is 1. The van der Waals surface area contributed by atoms with E-state index in [4.69, 9.17) is 0 Å². The van der Waals surface area contributed by atoms with Crippen molar-refractivity contribution in [3.8, 4) is 0 Å². The molecule has 0 saturated carbocycles. The molecule has 0 spiro atoms. The van der Waals surface area contributed by atoms with Gasteiger partial charge < -0.3 is 5.32 Å². The SMILES string of the molecule is Cc1cn(C)nc1NCc1cnn(C(C)C)c1. The van der Waals surface area contributed by atoms with Crippen molar-refractivity contribution < 1.29 is 0 Å². The maximum absolute atomic E-state index is 4.35. The molecule has 0 atom stereocenters. The van der Waals surface area contributed by atoms with Gasteiger partial charge in [-0.2, -0.15) is 10.2 Å². The topological polar surface area (TPSA) is 47.7 Å². The number of hydrogen-bond donors (Lipinski definition) is 1. The molecular formula is C12H19N5. The molecule has 0 aliphatic heterocycles. The molecule has 0 amide bonds. The monoisotopic (exact) mass is 233 g/mol. The summed E-state index contributed by atoms with van der Waals surface area (Å²) in [7, 11) is 1.93. The zero-order valence-corrected chi connectivity index (χ0v) is 10.8. The number of aromatic nitrogens is 4. The molecule has 92 valence electrons. The molecule has 17 heavy (non-hydrogen) atoms. The van der Waals surface area contributed by atoms with E-state index >= 15 is 0 Å². The van der Waals surface area contributed by atoms with Crippen LogP contribution in [0.25, 0.3) is 0 Å². The van der Waals surface area contributed by atoms with Crippen LogP contribution in [0.15, 0.2) is 18.6 Å². The second-order valence-corrected chi connectivity index (χ2v) is 4.61. The summed E-state index contributed by atoms with van der Waals surface area (Å²) in [4.78, 5) is 0. The molecular weight excluding hydrogens is 214 g/mol. The summed E-state index contributed by atoms with van der Waals surface area (Å²) in [5, 5.41) is 12.0. The molecule has 0 saturated heterocycles. The number of nitrogens with one attached hydrogen (secondary N) is 1. The van der Waals surface area contributed by atoms with Gasteiger partial charge in [-0.3, -0.25) is 9.36 Å². The lowest BCUT2D eigenvalue weighted by Gasteiger charge is -2.04. The van der Waals surface area contributed by atoms with Crippen molar-refractivity contribution in [1.29, 1.82) is 0 Å². The van der Waals surface area contributed by atoms with Crippen molar-refractivity contribution >= 4 is 5.82 Å². The smallest absolute Gasteiger partial charge is 0.151 e. The van der Waals surface area contributed by atoms with Gasteiger partial charge in [-0.05, 0) is 20.8 Å². The molecule has 5 nitrogen and oxygen atoms in total. The molecule has 0 bridgehead atoms. The Hall–Kier alpha value is -1.78. The summed E-state index contributed by atoms with van der Waals surface area (Å²) in [5.74, 6) is 0.935. The zero-order chi connectivity index (χ0) is 12.4. The largest absolute Gasteiger partial charge is 0.364 e. The van der Waals surface area contributed by atoms with Crippen LogP contribution in [-0.2, 0) is 13.6 Å². The lowest BCUT2D eigenvalue weighted by molar-refractivity contribution is 0.532. The van der Waals surface area contributed by atoms with Crippen molar-refractivity contribution in [2.24, 2.45) is 7.05 Å². The summed E-state index contributed by atoms with van der Waals surface area (Å²) in [5.41, 5.74) is 2.33. The van der Waals surface area contributed by atoms with Crippen molar-refractivity contribution in [3.05, 3.63) is 29.7 Å². The Morgan fingerprint density at radius 3 is 2.65 bits per heavy atom.